The number of aromatic nitrogens is 1. The molecule has 4 rings (SSSR count). The lowest BCUT2D eigenvalue weighted by atomic mass is 10.1. The number of hydrogen-bond donors (Lipinski definition) is 3. The number of carbonyl (C=O) groups excluding carboxylic acids is 1. The summed E-state index contributed by atoms with van der Waals surface area (Å²) < 4.78 is 25.0. The zero-order chi connectivity index (χ0) is 25.3. The number of guanidine groups is 1. The van der Waals surface area contributed by atoms with Crippen molar-refractivity contribution in [1.82, 2.24) is 10.3 Å². The molecule has 0 spiro atoms. The number of fused-ring (bicyclic) bond motifs is 1. The lowest BCUT2D eigenvalue weighted by Crippen LogP contribution is -2.36. The summed E-state index contributed by atoms with van der Waals surface area (Å²) in [6.07, 6.45) is 2.62. The van der Waals surface area contributed by atoms with Gasteiger partial charge in [0.15, 0.2) is 11.5 Å². The van der Waals surface area contributed by atoms with Gasteiger partial charge >= 0.3 is 0 Å². The number of H-pyrrole nitrogens is 1. The van der Waals surface area contributed by atoms with Gasteiger partial charge in [-0.3, -0.25) is 15.1 Å². The predicted octanol–water partition coefficient (Wildman–Crippen LogP) is 5.55. The Bertz CT molecular complexity index is 1370. The van der Waals surface area contributed by atoms with E-state index in [1.807, 2.05) is 38.2 Å². The summed E-state index contributed by atoms with van der Waals surface area (Å²) in [5.41, 5.74) is 3.04. The van der Waals surface area contributed by atoms with Gasteiger partial charge in [0.25, 0.3) is 5.91 Å². The van der Waals surface area contributed by atoms with Crippen LogP contribution in [0.2, 0.25) is 0 Å². The van der Waals surface area contributed by atoms with Gasteiger partial charge in [-0.1, -0.05) is 24.3 Å². The number of rotatable bonds is 9. The van der Waals surface area contributed by atoms with Crippen LogP contribution in [0.3, 0.4) is 0 Å². The number of ether oxygens (including phenoxy) is 2. The highest BCUT2D eigenvalue weighted by Crippen LogP contribution is 2.28. The molecule has 0 unspecified atom stereocenters. The fraction of sp³-hybridized carbons (Fsp3) is 0.214. The summed E-state index contributed by atoms with van der Waals surface area (Å²) >= 11 is 0. The zero-order valence-electron chi connectivity index (χ0n) is 20.3. The molecule has 4 aromatic rings. The van der Waals surface area contributed by atoms with Crippen molar-refractivity contribution >= 4 is 28.5 Å². The second kappa shape index (κ2) is 11.9. The highest BCUT2D eigenvalue weighted by molar-refractivity contribution is 6.10. The molecule has 1 amide bonds. The molecule has 3 aromatic carbocycles. The molecule has 7 nitrogen and oxygen atoms in total. The van der Waals surface area contributed by atoms with Crippen LogP contribution in [0, 0.1) is 5.82 Å². The first-order valence-electron chi connectivity index (χ1n) is 11.9. The third-order valence-corrected chi connectivity index (χ3v) is 5.45. The maximum Gasteiger partial charge on any atom is 0.258 e. The number of carbonyl (C=O) groups is 1. The minimum absolute atomic E-state index is 0.220. The summed E-state index contributed by atoms with van der Waals surface area (Å²) in [6.45, 7) is 5.08. The Kier molecular flexibility index (Phi) is 8.18. The third kappa shape index (κ3) is 6.21. The van der Waals surface area contributed by atoms with Gasteiger partial charge < -0.3 is 19.8 Å². The Morgan fingerprint density at radius 3 is 2.58 bits per heavy atom. The molecule has 0 saturated carbocycles. The highest BCUT2D eigenvalue weighted by atomic mass is 19.1. The number of nitrogens with one attached hydrogen (secondary N) is 3. The molecular formula is C28H29FN4O3. The minimum Gasteiger partial charge on any atom is -0.490 e. The Morgan fingerprint density at radius 2 is 1.78 bits per heavy atom. The normalized spacial score (nSPS) is 11.4. The lowest BCUT2D eigenvalue weighted by Gasteiger charge is -2.14. The van der Waals surface area contributed by atoms with Gasteiger partial charge in [0.2, 0.25) is 5.96 Å². The van der Waals surface area contributed by atoms with Crippen molar-refractivity contribution in [2.45, 2.75) is 20.3 Å². The van der Waals surface area contributed by atoms with Crippen LogP contribution in [0.4, 0.5) is 10.1 Å². The number of hydrogen-bond acceptors (Lipinski definition) is 4. The third-order valence-electron chi connectivity index (χ3n) is 5.45. The van der Waals surface area contributed by atoms with Crippen molar-refractivity contribution in [3.63, 3.8) is 0 Å². The van der Waals surface area contributed by atoms with E-state index in [-0.39, 0.29) is 11.9 Å². The molecule has 0 saturated heterocycles. The maximum atomic E-state index is 13.8. The molecule has 0 aliphatic rings. The number of benzene rings is 3. The van der Waals surface area contributed by atoms with Crippen LogP contribution in [0.1, 0.15) is 29.8 Å². The molecule has 1 aromatic heterocycles. The average molecular weight is 489 g/mol. The molecule has 0 aliphatic heterocycles. The molecule has 3 N–H and O–H groups in total. The Morgan fingerprint density at radius 1 is 0.972 bits per heavy atom. The van der Waals surface area contributed by atoms with E-state index in [1.165, 1.54) is 12.1 Å². The van der Waals surface area contributed by atoms with Crippen LogP contribution in [0.15, 0.2) is 77.9 Å². The monoisotopic (exact) mass is 488 g/mol. The molecular weight excluding hydrogens is 459 g/mol. The van der Waals surface area contributed by atoms with Gasteiger partial charge in [-0.05, 0) is 68.3 Å². The van der Waals surface area contributed by atoms with Crippen molar-refractivity contribution in [2.24, 2.45) is 4.99 Å². The topological polar surface area (TPSA) is 87.7 Å². The SMILES string of the molecule is CCOc1ccc(C(=O)NC(=NCCc2c[nH]c3ccccc23)Nc2cccc(F)c2)cc1OCC. The van der Waals surface area contributed by atoms with Crippen molar-refractivity contribution in [3.05, 3.63) is 89.9 Å². The van der Waals surface area contributed by atoms with E-state index in [1.54, 1.807) is 30.3 Å². The first kappa shape index (κ1) is 24.8. The number of halogens is 1. The standard InChI is InChI=1S/C28H29FN4O3/c1-3-35-25-13-12-19(16-26(25)36-4-2)27(34)33-28(32-22-9-7-8-21(29)17-22)30-15-14-20-18-31-24-11-6-5-10-23(20)24/h5-13,16-18,31H,3-4,14-15H2,1-2H3,(H2,30,32,33,34). The predicted molar refractivity (Wildman–Crippen MR) is 141 cm³/mol. The minimum atomic E-state index is -0.391. The van der Waals surface area contributed by atoms with E-state index in [4.69, 9.17) is 9.47 Å². The molecule has 8 heteroatoms. The molecule has 36 heavy (non-hydrogen) atoms. The van der Waals surface area contributed by atoms with Gasteiger partial charge in [-0.15, -0.1) is 0 Å². The quantitative estimate of drug-likeness (QED) is 0.213. The van der Waals surface area contributed by atoms with Gasteiger partial charge in [0.1, 0.15) is 5.82 Å². The summed E-state index contributed by atoms with van der Waals surface area (Å²) in [4.78, 5) is 20.9. The second-order valence-electron chi connectivity index (χ2n) is 7.96. The second-order valence-corrected chi connectivity index (χ2v) is 7.96. The summed E-state index contributed by atoms with van der Waals surface area (Å²) in [5, 5.41) is 6.97. The van der Waals surface area contributed by atoms with Crippen molar-refractivity contribution < 1.29 is 18.7 Å². The largest absolute Gasteiger partial charge is 0.490 e. The van der Waals surface area contributed by atoms with E-state index in [2.05, 4.69) is 26.7 Å². The lowest BCUT2D eigenvalue weighted by molar-refractivity contribution is 0.0976. The smallest absolute Gasteiger partial charge is 0.258 e. The van der Waals surface area contributed by atoms with Crippen LogP contribution < -0.4 is 20.1 Å². The maximum absolute atomic E-state index is 13.8. The molecule has 1 heterocycles. The zero-order valence-corrected chi connectivity index (χ0v) is 20.3. The number of anilines is 1. The molecule has 186 valence electrons. The summed E-state index contributed by atoms with van der Waals surface area (Å²) in [5.74, 6) is 0.507. The number of aromatic amines is 1. The molecule has 0 aliphatic carbocycles. The number of para-hydroxylation sites is 1. The van der Waals surface area contributed by atoms with Gasteiger partial charge in [0, 0.05) is 34.9 Å². The highest BCUT2D eigenvalue weighted by Gasteiger charge is 2.14. The Hall–Kier alpha value is -4.33. The van der Waals surface area contributed by atoms with E-state index in [9.17, 15) is 9.18 Å². The molecule has 0 atom stereocenters. The van der Waals surface area contributed by atoms with Crippen LogP contribution >= 0.6 is 0 Å². The van der Waals surface area contributed by atoms with Crippen LogP contribution in [0.5, 0.6) is 11.5 Å². The fourth-order valence-electron chi connectivity index (χ4n) is 3.81. The van der Waals surface area contributed by atoms with Crippen molar-refractivity contribution in [3.8, 4) is 11.5 Å². The fourth-order valence-corrected chi connectivity index (χ4v) is 3.81. The Balaban J connectivity index is 1.54. The van der Waals surface area contributed by atoms with Gasteiger partial charge in [0.05, 0.1) is 13.2 Å². The first-order chi connectivity index (χ1) is 17.6. The Labute approximate surface area is 209 Å². The van der Waals surface area contributed by atoms with Crippen LogP contribution in [-0.4, -0.2) is 36.6 Å². The van der Waals surface area contributed by atoms with Crippen LogP contribution in [0.25, 0.3) is 10.9 Å². The molecule has 0 radical (unpaired) electrons. The number of aliphatic imine (C=N–C) groups is 1. The molecule has 0 bridgehead atoms. The van der Waals surface area contributed by atoms with Crippen molar-refractivity contribution in [1.29, 1.82) is 0 Å². The van der Waals surface area contributed by atoms with E-state index < -0.39 is 5.82 Å². The summed E-state index contributed by atoms with van der Waals surface area (Å²) in [6, 6.07) is 19.0. The van der Waals surface area contributed by atoms with Crippen LogP contribution in [-0.2, 0) is 6.42 Å². The van der Waals surface area contributed by atoms with Gasteiger partial charge in [-0.25, -0.2) is 4.39 Å². The van der Waals surface area contributed by atoms with Crippen molar-refractivity contribution in [2.75, 3.05) is 25.1 Å². The first-order valence-corrected chi connectivity index (χ1v) is 11.9. The average Bonchev–Trinajstić information content (AvgIpc) is 3.28. The number of amides is 1. The van der Waals surface area contributed by atoms with E-state index in [0.29, 0.717) is 48.9 Å². The number of nitrogens with zero attached hydrogens (tertiary/aromatic N) is 1. The molecule has 0 fully saturated rings. The van der Waals surface area contributed by atoms with Gasteiger partial charge in [-0.2, -0.15) is 0 Å². The summed E-state index contributed by atoms with van der Waals surface area (Å²) in [7, 11) is 0. The van der Waals surface area contributed by atoms with E-state index >= 15 is 0 Å². The van der Waals surface area contributed by atoms with E-state index in [0.717, 1.165) is 16.5 Å².